The SMILES string of the molecule is COc1ccc(CNC(=O)c2cc(Cl)ccc2F)c(OC)c1. The van der Waals surface area contributed by atoms with E-state index in [2.05, 4.69) is 5.32 Å². The molecule has 2 aromatic carbocycles. The average Bonchev–Trinajstić information content (AvgIpc) is 2.54. The highest BCUT2D eigenvalue weighted by Crippen LogP contribution is 2.24. The normalized spacial score (nSPS) is 10.2. The Kier molecular flexibility index (Phi) is 5.22. The van der Waals surface area contributed by atoms with E-state index in [9.17, 15) is 9.18 Å². The van der Waals surface area contributed by atoms with Gasteiger partial charge in [0.25, 0.3) is 5.91 Å². The van der Waals surface area contributed by atoms with Crippen LogP contribution >= 0.6 is 11.6 Å². The van der Waals surface area contributed by atoms with E-state index >= 15 is 0 Å². The quantitative estimate of drug-likeness (QED) is 0.917. The van der Waals surface area contributed by atoms with Crippen LogP contribution in [0, 0.1) is 5.82 Å². The van der Waals surface area contributed by atoms with Gasteiger partial charge in [-0.2, -0.15) is 0 Å². The second-order valence-corrected chi connectivity index (χ2v) is 4.92. The summed E-state index contributed by atoms with van der Waals surface area (Å²) in [5.74, 6) is 0.0560. The number of hydrogen-bond donors (Lipinski definition) is 1. The zero-order valence-electron chi connectivity index (χ0n) is 12.2. The van der Waals surface area contributed by atoms with Crippen molar-refractivity contribution in [3.8, 4) is 11.5 Å². The summed E-state index contributed by atoms with van der Waals surface area (Å²) in [7, 11) is 3.08. The molecule has 1 amide bonds. The summed E-state index contributed by atoms with van der Waals surface area (Å²) in [4.78, 5) is 12.0. The molecule has 0 aromatic heterocycles. The summed E-state index contributed by atoms with van der Waals surface area (Å²) in [6, 6.07) is 9.07. The number of carbonyl (C=O) groups is 1. The first-order valence-electron chi connectivity index (χ1n) is 6.49. The lowest BCUT2D eigenvalue weighted by Gasteiger charge is -2.11. The number of methoxy groups -OCH3 is 2. The Morgan fingerprint density at radius 1 is 1.18 bits per heavy atom. The van der Waals surface area contributed by atoms with Crippen LogP contribution < -0.4 is 14.8 Å². The fourth-order valence-electron chi connectivity index (χ4n) is 1.94. The average molecular weight is 324 g/mol. The van der Waals surface area contributed by atoms with Crippen LogP contribution in [0.4, 0.5) is 4.39 Å². The second-order valence-electron chi connectivity index (χ2n) is 4.48. The lowest BCUT2D eigenvalue weighted by Crippen LogP contribution is -2.24. The van der Waals surface area contributed by atoms with Gasteiger partial charge in [-0.15, -0.1) is 0 Å². The first-order chi connectivity index (χ1) is 10.5. The standard InChI is InChI=1S/C16H15ClFNO3/c1-21-12-5-3-10(15(8-12)22-2)9-19-16(20)13-7-11(17)4-6-14(13)18/h3-8H,9H2,1-2H3,(H,19,20). The Balaban J connectivity index is 2.12. The van der Waals surface area contributed by atoms with Gasteiger partial charge in [-0.25, -0.2) is 4.39 Å². The third-order valence-electron chi connectivity index (χ3n) is 3.11. The molecule has 2 rings (SSSR count). The van der Waals surface area contributed by atoms with E-state index in [0.717, 1.165) is 11.6 Å². The van der Waals surface area contributed by atoms with Gasteiger partial charge in [-0.1, -0.05) is 11.6 Å². The molecule has 0 atom stereocenters. The largest absolute Gasteiger partial charge is 0.497 e. The number of nitrogens with one attached hydrogen (secondary N) is 1. The van der Waals surface area contributed by atoms with Crippen molar-refractivity contribution in [3.63, 3.8) is 0 Å². The molecule has 22 heavy (non-hydrogen) atoms. The molecule has 0 radical (unpaired) electrons. The van der Waals surface area contributed by atoms with Crippen molar-refractivity contribution >= 4 is 17.5 Å². The number of rotatable bonds is 5. The maximum atomic E-state index is 13.6. The number of halogens is 2. The van der Waals surface area contributed by atoms with E-state index in [1.54, 1.807) is 25.3 Å². The topological polar surface area (TPSA) is 47.6 Å². The Morgan fingerprint density at radius 2 is 1.95 bits per heavy atom. The fraction of sp³-hybridized carbons (Fsp3) is 0.188. The van der Waals surface area contributed by atoms with Gasteiger partial charge in [0.1, 0.15) is 17.3 Å². The highest BCUT2D eigenvalue weighted by Gasteiger charge is 2.13. The molecule has 0 bridgehead atoms. The van der Waals surface area contributed by atoms with Gasteiger partial charge in [0, 0.05) is 23.2 Å². The van der Waals surface area contributed by atoms with E-state index < -0.39 is 11.7 Å². The van der Waals surface area contributed by atoms with E-state index in [1.165, 1.54) is 19.2 Å². The van der Waals surface area contributed by atoms with Crippen LogP contribution in [0.15, 0.2) is 36.4 Å². The Labute approximate surface area is 132 Å². The number of benzene rings is 2. The van der Waals surface area contributed by atoms with E-state index in [4.69, 9.17) is 21.1 Å². The van der Waals surface area contributed by atoms with Crippen molar-refractivity contribution < 1.29 is 18.7 Å². The predicted molar refractivity (Wildman–Crippen MR) is 82.1 cm³/mol. The van der Waals surface area contributed by atoms with Crippen LogP contribution in [0.2, 0.25) is 5.02 Å². The first kappa shape index (κ1) is 16.1. The summed E-state index contributed by atoms with van der Waals surface area (Å²) in [5.41, 5.74) is 0.652. The fourth-order valence-corrected chi connectivity index (χ4v) is 2.11. The summed E-state index contributed by atoms with van der Waals surface area (Å²) >= 11 is 5.78. The van der Waals surface area contributed by atoms with Crippen molar-refractivity contribution in [2.75, 3.05) is 14.2 Å². The Hall–Kier alpha value is -2.27. The molecule has 116 valence electrons. The molecule has 0 fully saturated rings. The van der Waals surface area contributed by atoms with E-state index in [0.29, 0.717) is 16.5 Å². The molecule has 4 nitrogen and oxygen atoms in total. The molecule has 0 saturated heterocycles. The highest BCUT2D eigenvalue weighted by atomic mass is 35.5. The third-order valence-corrected chi connectivity index (χ3v) is 3.34. The van der Waals surface area contributed by atoms with Gasteiger partial charge in [0.2, 0.25) is 0 Å². The van der Waals surface area contributed by atoms with Crippen molar-refractivity contribution in [1.29, 1.82) is 0 Å². The molecule has 0 saturated carbocycles. The van der Waals surface area contributed by atoms with E-state index in [-0.39, 0.29) is 12.1 Å². The molecular weight excluding hydrogens is 309 g/mol. The Morgan fingerprint density at radius 3 is 2.64 bits per heavy atom. The van der Waals surface area contributed by atoms with Crippen LogP contribution in [-0.2, 0) is 6.54 Å². The van der Waals surface area contributed by atoms with Crippen LogP contribution in [0.5, 0.6) is 11.5 Å². The molecule has 0 heterocycles. The minimum absolute atomic E-state index is 0.0972. The zero-order chi connectivity index (χ0) is 16.1. The minimum atomic E-state index is -0.622. The molecule has 0 unspecified atom stereocenters. The highest BCUT2D eigenvalue weighted by molar-refractivity contribution is 6.31. The van der Waals surface area contributed by atoms with Gasteiger partial charge >= 0.3 is 0 Å². The minimum Gasteiger partial charge on any atom is -0.497 e. The van der Waals surface area contributed by atoms with Crippen LogP contribution in [-0.4, -0.2) is 20.1 Å². The van der Waals surface area contributed by atoms with Gasteiger partial charge in [-0.3, -0.25) is 4.79 Å². The van der Waals surface area contributed by atoms with Crippen LogP contribution in [0.1, 0.15) is 15.9 Å². The van der Waals surface area contributed by atoms with Gasteiger partial charge in [-0.05, 0) is 30.3 Å². The molecule has 1 N–H and O–H groups in total. The predicted octanol–water partition coefficient (Wildman–Crippen LogP) is 3.43. The maximum Gasteiger partial charge on any atom is 0.254 e. The molecule has 0 spiro atoms. The number of ether oxygens (including phenoxy) is 2. The molecular formula is C16H15ClFNO3. The lowest BCUT2D eigenvalue weighted by molar-refractivity contribution is 0.0946. The van der Waals surface area contributed by atoms with Gasteiger partial charge in [0.15, 0.2) is 0 Å². The van der Waals surface area contributed by atoms with Gasteiger partial charge < -0.3 is 14.8 Å². The number of carbonyl (C=O) groups excluding carboxylic acids is 1. The number of hydrogen-bond acceptors (Lipinski definition) is 3. The molecule has 0 aliphatic carbocycles. The lowest BCUT2D eigenvalue weighted by atomic mass is 10.1. The molecule has 2 aromatic rings. The second kappa shape index (κ2) is 7.13. The summed E-state index contributed by atoms with van der Waals surface area (Å²) in [5, 5.41) is 2.94. The van der Waals surface area contributed by atoms with Gasteiger partial charge in [0.05, 0.1) is 19.8 Å². The van der Waals surface area contributed by atoms with Crippen molar-refractivity contribution in [2.24, 2.45) is 0 Å². The summed E-state index contributed by atoms with van der Waals surface area (Å²) in [6.45, 7) is 0.192. The maximum absolute atomic E-state index is 13.6. The van der Waals surface area contributed by atoms with Crippen LogP contribution in [0.3, 0.4) is 0 Å². The van der Waals surface area contributed by atoms with Crippen molar-refractivity contribution in [2.45, 2.75) is 6.54 Å². The van der Waals surface area contributed by atoms with Crippen LogP contribution in [0.25, 0.3) is 0 Å². The van der Waals surface area contributed by atoms with E-state index in [1.807, 2.05) is 0 Å². The third kappa shape index (κ3) is 3.68. The smallest absolute Gasteiger partial charge is 0.254 e. The monoisotopic (exact) mass is 323 g/mol. The number of amides is 1. The molecule has 0 aliphatic rings. The first-order valence-corrected chi connectivity index (χ1v) is 6.87. The van der Waals surface area contributed by atoms with Crippen molar-refractivity contribution in [1.82, 2.24) is 5.32 Å². The summed E-state index contributed by atoms with van der Waals surface area (Å²) < 4.78 is 24.0. The molecule has 0 aliphatic heterocycles. The van der Waals surface area contributed by atoms with Crippen molar-refractivity contribution in [3.05, 3.63) is 58.4 Å². The molecule has 6 heteroatoms. The summed E-state index contributed by atoms with van der Waals surface area (Å²) in [6.07, 6.45) is 0. The zero-order valence-corrected chi connectivity index (χ0v) is 12.9. The Bertz CT molecular complexity index is 691.